The van der Waals surface area contributed by atoms with Crippen molar-refractivity contribution in [2.45, 2.75) is 71.6 Å². The Morgan fingerprint density at radius 3 is 0.867 bits per heavy atom. The van der Waals surface area contributed by atoms with E-state index in [1.807, 2.05) is 109 Å². The van der Waals surface area contributed by atoms with Crippen LogP contribution in [0.2, 0.25) is 10.0 Å². The van der Waals surface area contributed by atoms with Gasteiger partial charge in [-0.15, -0.1) is 0 Å². The molecule has 0 saturated heterocycles. The molecule has 7 aromatic heterocycles. The fraction of sp³-hybridized carbons (Fsp3) is 0.0840. The number of nitrogens with zero attached hydrogens (tertiary/aromatic N) is 2. The molecule has 0 saturated carbocycles. The summed E-state index contributed by atoms with van der Waals surface area (Å²) >= 11 is 12.4. The first-order valence-corrected chi connectivity index (χ1v) is 49.7. The van der Waals surface area contributed by atoms with E-state index in [-0.39, 0.29) is 10.8 Å². The Hall–Kier alpha value is -17.0. The van der Waals surface area contributed by atoms with E-state index in [0.29, 0.717) is 10.0 Å². The number of nitrogens with one attached hydrogen (secondary N) is 1. The molecule has 0 atom stereocenters. The first-order chi connectivity index (χ1) is 70.0. The molecule has 1 N–H and O–H groups in total. The van der Waals surface area contributed by atoms with Crippen molar-refractivity contribution in [3.63, 3.8) is 0 Å². The molecular weight excluding hydrogens is 1800 g/mol. The van der Waals surface area contributed by atoms with Gasteiger partial charge in [0.05, 0.1) is 0 Å². The third-order valence-corrected chi connectivity index (χ3v) is 29.5. The van der Waals surface area contributed by atoms with Crippen LogP contribution in [-0.2, 0) is 10.8 Å². The van der Waals surface area contributed by atoms with Crippen molar-refractivity contribution in [3.05, 3.63) is 445 Å². The number of unbranched alkanes of at least 4 members (excludes halogenated alkanes) is 2. The van der Waals surface area contributed by atoms with Gasteiger partial charge in [0, 0.05) is 167 Å². The number of anilines is 8. The van der Waals surface area contributed by atoms with Gasteiger partial charge < -0.3 is 46.0 Å². The maximum Gasteiger partial charge on any atom is 0.137 e. The number of fused-ring (bicyclic) bond motifs is 24. The molecule has 0 spiro atoms. The zero-order valence-electron chi connectivity index (χ0n) is 79.4. The Morgan fingerprint density at radius 1 is 0.217 bits per heavy atom. The van der Waals surface area contributed by atoms with Crippen molar-refractivity contribution in [1.29, 1.82) is 0 Å². The lowest BCUT2D eigenvalue weighted by atomic mass is 9.81. The third-order valence-electron chi connectivity index (χ3n) is 29.1. The Labute approximate surface area is 834 Å². The first-order valence-electron chi connectivity index (χ1n) is 48.9. The molecule has 0 bridgehead atoms. The van der Waals surface area contributed by atoms with Crippen LogP contribution in [0.3, 0.4) is 0 Å². The predicted molar refractivity (Wildman–Crippen MR) is 596 cm³/mol. The van der Waals surface area contributed by atoms with Gasteiger partial charge in [-0.1, -0.05) is 248 Å². The summed E-state index contributed by atoms with van der Waals surface area (Å²) in [5.41, 5.74) is 30.6. The SMILES string of the molecule is CC1(C)c2cc3c(cc2-c2cc4oc5cc(Cl)ccc5c4cc21)oc1cc(Cl)ccc13.CC1(C)c2cc3c(cc2-c2cc4oc5cc(N(c6ccccc6)c6ccc7cc(-c8cc9ccccc9o8)ccc7c6)ccc5c4cc21)oc1cc(N(c2ccccc2)c2ccc4cc(-c5cc6ccccc6o5)ccc4c2)ccc13.CCCCC.c1ccc(Nc2ccc3cc(-c4cc5ccccc5o4)ccc3c2)cc1. The monoisotopic (exact) mass is 1890 g/mol. The molecule has 29 rings (SSSR count). The topological polar surface area (TPSA) is 110 Å². The molecule has 0 unspecified atom stereocenters. The molecule has 0 fully saturated rings. The Kier molecular flexibility index (Phi) is 20.8. The number of hydrogen-bond acceptors (Lipinski definition) is 10. The van der Waals surface area contributed by atoms with Crippen LogP contribution in [0.15, 0.2) is 443 Å². The molecule has 688 valence electrons. The zero-order chi connectivity index (χ0) is 96.0. The smallest absolute Gasteiger partial charge is 0.137 e. The largest absolute Gasteiger partial charge is 0.456 e. The molecule has 20 aromatic carbocycles. The van der Waals surface area contributed by atoms with Crippen molar-refractivity contribution < 1.29 is 30.9 Å². The lowest BCUT2D eigenvalue weighted by Gasteiger charge is -2.25. The minimum atomic E-state index is -0.278. The summed E-state index contributed by atoms with van der Waals surface area (Å²) in [6.07, 6.45) is 4.08. The van der Waals surface area contributed by atoms with Crippen molar-refractivity contribution in [1.82, 2.24) is 0 Å². The average Bonchev–Trinajstić information content (AvgIpc) is 1.54. The molecule has 12 heteroatoms. The van der Waals surface area contributed by atoms with Gasteiger partial charge in [0.25, 0.3) is 0 Å². The lowest BCUT2D eigenvalue weighted by Crippen LogP contribution is -2.14. The normalized spacial score (nSPS) is 12.8. The van der Waals surface area contributed by atoms with Crippen LogP contribution in [0.5, 0.6) is 0 Å². The predicted octanol–water partition coefficient (Wildman–Crippen LogP) is 40.2. The number of para-hydroxylation sites is 6. The van der Waals surface area contributed by atoms with E-state index >= 15 is 0 Å². The fourth-order valence-electron chi connectivity index (χ4n) is 21.7. The van der Waals surface area contributed by atoms with Gasteiger partial charge >= 0.3 is 0 Å². The number of halogens is 2. The van der Waals surface area contributed by atoms with Crippen LogP contribution in [0.25, 0.3) is 209 Å². The maximum absolute atomic E-state index is 6.90. The van der Waals surface area contributed by atoms with Crippen LogP contribution >= 0.6 is 23.2 Å². The molecular formula is C131H93Cl2N3O7. The second-order valence-electron chi connectivity index (χ2n) is 38.8. The standard InChI is InChI=1S/C75H48N2O4.C27H16Cl2O2.C24H17NO.C5H12/c1-75(2)65-41-63-59-31-29-57(76(53-15-5-3-6-16-53)55-27-25-45-33-51(23-21-47(45)35-55)69-37-49-13-9-11-19-67(49)78-69)39-71(59)80-73(63)43-61(65)62-44-74-64(42-66(62)75)60-32-30-58(40-72(60)81-74)77(54-17-7-4-8-18-54)56-28-26-46-34-52(24-22-48(46)36-56)70-38-50-14-10-12-20-68(50)79-70;1-27(2)21-9-19-15-5-3-13(28)7-23(15)30-25(19)11-17(21)18-12-26-20(10-22(18)27)16-6-4-14(29)8-24(16)31-26;1-2-7-21(8-3-1)25-22-13-12-17-14-20(11-10-18(17)15-22)24-16-19-6-4-5-9-23(19)26-24;1-3-5-4-2/h3-44H,1-2H3;3-12H,1-2H3;1-16,25H;3-5H2,1-2H3. The van der Waals surface area contributed by atoms with Crippen LogP contribution in [0.4, 0.5) is 45.5 Å². The summed E-state index contributed by atoms with van der Waals surface area (Å²) in [6, 6.07) is 144. The summed E-state index contributed by atoms with van der Waals surface area (Å²) < 4.78 is 44.6. The highest BCUT2D eigenvalue weighted by molar-refractivity contribution is 6.32. The molecule has 27 aromatic rings. The van der Waals surface area contributed by atoms with E-state index in [1.54, 1.807) is 0 Å². The van der Waals surface area contributed by atoms with Crippen LogP contribution in [-0.4, -0.2) is 0 Å². The van der Waals surface area contributed by atoms with E-state index in [4.69, 9.17) is 54.1 Å². The van der Waals surface area contributed by atoms with Gasteiger partial charge in [0.15, 0.2) is 0 Å². The summed E-state index contributed by atoms with van der Waals surface area (Å²) in [5, 5.41) is 23.9. The zero-order valence-corrected chi connectivity index (χ0v) is 80.9. The summed E-state index contributed by atoms with van der Waals surface area (Å²) in [6.45, 7) is 13.7. The number of benzene rings is 20. The van der Waals surface area contributed by atoms with Crippen LogP contribution < -0.4 is 15.1 Å². The average molecular weight is 1890 g/mol. The van der Waals surface area contributed by atoms with E-state index in [0.717, 1.165) is 222 Å². The molecule has 0 amide bonds. The van der Waals surface area contributed by atoms with Gasteiger partial charge in [0.2, 0.25) is 0 Å². The van der Waals surface area contributed by atoms with Gasteiger partial charge in [-0.05, 0) is 301 Å². The number of furan rings is 7. The van der Waals surface area contributed by atoms with Crippen molar-refractivity contribution in [2.75, 3.05) is 15.1 Å². The second kappa shape index (κ2) is 34.5. The lowest BCUT2D eigenvalue weighted by molar-refractivity contribution is 0.631. The Balaban J connectivity index is 0.000000136. The van der Waals surface area contributed by atoms with E-state index in [9.17, 15) is 0 Å². The van der Waals surface area contributed by atoms with Gasteiger partial charge in [-0.3, -0.25) is 0 Å². The summed E-state index contributed by atoms with van der Waals surface area (Å²) in [5.74, 6) is 2.63. The Morgan fingerprint density at radius 2 is 0.510 bits per heavy atom. The van der Waals surface area contributed by atoms with Crippen molar-refractivity contribution >= 4 is 222 Å². The summed E-state index contributed by atoms with van der Waals surface area (Å²) in [7, 11) is 0. The van der Waals surface area contributed by atoms with E-state index in [1.165, 1.54) is 74.5 Å². The van der Waals surface area contributed by atoms with Crippen molar-refractivity contribution in [3.8, 4) is 56.2 Å². The second-order valence-corrected chi connectivity index (χ2v) is 39.6. The molecule has 0 aliphatic heterocycles. The molecule has 2 aliphatic rings. The maximum atomic E-state index is 6.90. The number of hydrogen-bond donors (Lipinski definition) is 1. The number of rotatable bonds is 13. The molecule has 143 heavy (non-hydrogen) atoms. The highest BCUT2D eigenvalue weighted by atomic mass is 35.5. The Bertz CT molecular complexity index is 9220. The molecule has 0 radical (unpaired) electrons. The van der Waals surface area contributed by atoms with Gasteiger partial charge in [-0.25, -0.2) is 0 Å². The third kappa shape index (κ3) is 15.3. The van der Waals surface area contributed by atoms with Gasteiger partial charge in [-0.2, -0.15) is 0 Å². The van der Waals surface area contributed by atoms with Crippen LogP contribution in [0.1, 0.15) is 83.1 Å². The highest BCUT2D eigenvalue weighted by Gasteiger charge is 2.40. The minimum Gasteiger partial charge on any atom is -0.456 e. The quantitative estimate of drug-likeness (QED) is 0.120. The fourth-order valence-corrected chi connectivity index (χ4v) is 22.1. The highest BCUT2D eigenvalue weighted by Crippen LogP contribution is 2.57. The molecule has 7 heterocycles. The minimum absolute atomic E-state index is 0.140. The van der Waals surface area contributed by atoms with Gasteiger partial charge in [0.1, 0.15) is 78.7 Å². The molecule has 2 aliphatic carbocycles. The van der Waals surface area contributed by atoms with Crippen LogP contribution in [0, 0.1) is 0 Å². The summed E-state index contributed by atoms with van der Waals surface area (Å²) in [4.78, 5) is 4.62. The molecule has 10 nitrogen and oxygen atoms in total. The first kappa shape index (κ1) is 86.3. The van der Waals surface area contributed by atoms with Crippen molar-refractivity contribution in [2.24, 2.45) is 0 Å². The van der Waals surface area contributed by atoms with E-state index in [2.05, 4.69) is 360 Å². The van der Waals surface area contributed by atoms with E-state index < -0.39 is 0 Å².